The molecule has 0 heterocycles. The third-order valence-corrected chi connectivity index (χ3v) is 6.10. The third kappa shape index (κ3) is 12.9. The van der Waals surface area contributed by atoms with Crippen molar-refractivity contribution < 1.29 is 28.6 Å². The van der Waals surface area contributed by atoms with Crippen molar-refractivity contribution in [1.82, 2.24) is 5.32 Å². The number of rotatable bonds is 15. The summed E-state index contributed by atoms with van der Waals surface area (Å²) in [6.45, 7) is 3.51. The molecule has 1 aromatic rings. The summed E-state index contributed by atoms with van der Waals surface area (Å²) in [5.41, 5.74) is 0.651. The molecule has 0 aliphatic rings. The third-order valence-electron chi connectivity index (χ3n) is 4.21. The largest absolute Gasteiger partial charge is 0.490 e. The molecule has 2 unspecified atom stereocenters. The highest BCUT2D eigenvalue weighted by atomic mass is 32.2. The van der Waals surface area contributed by atoms with E-state index in [0.717, 1.165) is 5.75 Å². The first-order chi connectivity index (χ1) is 14.8. The van der Waals surface area contributed by atoms with Crippen LogP contribution in [0.2, 0.25) is 0 Å². The van der Waals surface area contributed by atoms with Gasteiger partial charge in [0.1, 0.15) is 30.4 Å². The Labute approximate surface area is 187 Å². The van der Waals surface area contributed by atoms with Gasteiger partial charge in [0.2, 0.25) is 11.8 Å². The Kier molecular flexibility index (Phi) is 13.4. The summed E-state index contributed by atoms with van der Waals surface area (Å²) in [5.74, 6) is 1.70. The molecule has 0 aliphatic carbocycles. The normalized spacial score (nSPS) is 12.5. The average Bonchev–Trinajstić information content (AvgIpc) is 2.73. The minimum atomic E-state index is -0.630. The molecular formula is C22H35N2O6S+. The van der Waals surface area contributed by atoms with Crippen molar-refractivity contribution in [3.05, 3.63) is 24.3 Å². The fourth-order valence-electron chi connectivity index (χ4n) is 2.56. The number of methoxy groups -OCH3 is 1. The Morgan fingerprint density at radius 3 is 2.61 bits per heavy atom. The number of anilines is 1. The molecule has 0 aromatic heterocycles. The lowest BCUT2D eigenvalue weighted by molar-refractivity contribution is -0.153. The van der Waals surface area contributed by atoms with E-state index in [2.05, 4.69) is 23.8 Å². The van der Waals surface area contributed by atoms with Gasteiger partial charge in [-0.05, 0) is 29.4 Å². The van der Waals surface area contributed by atoms with Gasteiger partial charge in [0.05, 0.1) is 19.3 Å². The molecule has 2 atom stereocenters. The molecule has 174 valence electrons. The monoisotopic (exact) mass is 455 g/mol. The molecule has 0 saturated heterocycles. The lowest BCUT2D eigenvalue weighted by Gasteiger charge is -2.18. The smallest absolute Gasteiger partial charge is 0.325 e. The van der Waals surface area contributed by atoms with Crippen LogP contribution in [0, 0.1) is 0 Å². The van der Waals surface area contributed by atoms with Crippen LogP contribution in [0.1, 0.15) is 33.1 Å². The summed E-state index contributed by atoms with van der Waals surface area (Å²) in [4.78, 5) is 34.9. The quantitative estimate of drug-likeness (QED) is 0.310. The van der Waals surface area contributed by atoms with Crippen LogP contribution in [-0.2, 0) is 34.8 Å². The van der Waals surface area contributed by atoms with Crippen molar-refractivity contribution in [2.45, 2.75) is 39.2 Å². The maximum Gasteiger partial charge on any atom is 0.325 e. The summed E-state index contributed by atoms with van der Waals surface area (Å²) < 4.78 is 16.0. The lowest BCUT2D eigenvalue weighted by Crippen LogP contribution is -2.35. The van der Waals surface area contributed by atoms with E-state index in [4.69, 9.17) is 14.2 Å². The van der Waals surface area contributed by atoms with Crippen molar-refractivity contribution in [1.29, 1.82) is 0 Å². The van der Waals surface area contributed by atoms with E-state index in [1.165, 1.54) is 32.6 Å². The molecule has 0 saturated carbocycles. The van der Waals surface area contributed by atoms with Crippen LogP contribution in [0.25, 0.3) is 0 Å². The predicted octanol–water partition coefficient (Wildman–Crippen LogP) is 2.14. The SMILES string of the molecule is CCCC[S+](C)CCC(=O)Nc1cccc(OCC(COC)OC(=O)CNC(C)=O)c1. The molecule has 0 radical (unpaired) electrons. The highest BCUT2D eigenvalue weighted by Crippen LogP contribution is 2.18. The van der Waals surface area contributed by atoms with Gasteiger partial charge in [0.25, 0.3) is 0 Å². The van der Waals surface area contributed by atoms with Gasteiger partial charge in [0, 0.05) is 25.8 Å². The first-order valence-corrected chi connectivity index (χ1v) is 12.4. The molecule has 0 aliphatic heterocycles. The van der Waals surface area contributed by atoms with E-state index in [0.29, 0.717) is 17.9 Å². The second-order valence-corrected chi connectivity index (χ2v) is 9.54. The van der Waals surface area contributed by atoms with Crippen LogP contribution in [0.4, 0.5) is 5.69 Å². The number of hydrogen-bond donors (Lipinski definition) is 2. The van der Waals surface area contributed by atoms with Crippen LogP contribution in [0.3, 0.4) is 0 Å². The van der Waals surface area contributed by atoms with Crippen molar-refractivity contribution >= 4 is 34.4 Å². The molecular weight excluding hydrogens is 420 g/mol. The summed E-state index contributed by atoms with van der Waals surface area (Å²) in [7, 11) is 1.76. The van der Waals surface area contributed by atoms with Crippen molar-refractivity contribution in [2.24, 2.45) is 0 Å². The fourth-order valence-corrected chi connectivity index (χ4v) is 4.08. The van der Waals surface area contributed by atoms with Gasteiger partial charge in [-0.15, -0.1) is 0 Å². The van der Waals surface area contributed by atoms with Gasteiger partial charge in [-0.2, -0.15) is 0 Å². The number of carbonyl (C=O) groups excluding carboxylic acids is 3. The summed E-state index contributed by atoms with van der Waals surface area (Å²) in [6.07, 6.45) is 4.45. The number of ether oxygens (including phenoxy) is 3. The van der Waals surface area contributed by atoms with Crippen molar-refractivity contribution in [2.75, 3.05) is 49.9 Å². The number of amides is 2. The number of benzene rings is 1. The zero-order valence-electron chi connectivity index (χ0n) is 18.9. The van der Waals surface area contributed by atoms with E-state index in [1.54, 1.807) is 24.3 Å². The standard InChI is InChI=1S/C22H34N2O6S/c1-5-6-11-31(4)12-10-21(26)24-18-8-7-9-19(13-18)29-16-20(15-28-3)30-22(27)14-23-17(2)25/h7-9,13,20H,5-6,10-12,14-16H2,1-4H3,(H-,23,24,25,26)/p+1. The zero-order valence-corrected chi connectivity index (χ0v) is 19.7. The second kappa shape index (κ2) is 15.5. The Morgan fingerprint density at radius 2 is 1.94 bits per heavy atom. The van der Waals surface area contributed by atoms with Crippen LogP contribution in [0.15, 0.2) is 24.3 Å². The van der Waals surface area contributed by atoms with E-state index in [-0.39, 0.29) is 42.5 Å². The summed E-state index contributed by atoms with van der Waals surface area (Å²) >= 11 is 0. The van der Waals surface area contributed by atoms with E-state index < -0.39 is 12.1 Å². The molecule has 0 fully saturated rings. The molecule has 0 bridgehead atoms. The summed E-state index contributed by atoms with van der Waals surface area (Å²) in [6, 6.07) is 7.06. The van der Waals surface area contributed by atoms with E-state index >= 15 is 0 Å². The van der Waals surface area contributed by atoms with E-state index in [1.807, 2.05) is 0 Å². The molecule has 9 heteroatoms. The predicted molar refractivity (Wildman–Crippen MR) is 124 cm³/mol. The Morgan fingerprint density at radius 1 is 1.16 bits per heavy atom. The Hall–Kier alpha value is -2.26. The van der Waals surface area contributed by atoms with Gasteiger partial charge in [-0.1, -0.05) is 19.4 Å². The van der Waals surface area contributed by atoms with Crippen LogP contribution in [-0.4, -0.2) is 68.5 Å². The summed E-state index contributed by atoms with van der Waals surface area (Å²) in [5, 5.41) is 5.29. The van der Waals surface area contributed by atoms with Gasteiger partial charge in [-0.3, -0.25) is 14.4 Å². The fraction of sp³-hybridized carbons (Fsp3) is 0.591. The number of unbranched alkanes of at least 4 members (excludes halogenated alkanes) is 1. The maximum atomic E-state index is 12.2. The Bertz CT molecular complexity index is 700. The van der Waals surface area contributed by atoms with Crippen molar-refractivity contribution in [3.63, 3.8) is 0 Å². The number of esters is 1. The molecule has 0 spiro atoms. The molecule has 8 nitrogen and oxygen atoms in total. The molecule has 31 heavy (non-hydrogen) atoms. The van der Waals surface area contributed by atoms with Crippen LogP contribution in [0.5, 0.6) is 5.75 Å². The molecule has 1 rings (SSSR count). The maximum absolute atomic E-state index is 12.2. The first kappa shape index (κ1) is 26.8. The van der Waals surface area contributed by atoms with Crippen LogP contribution < -0.4 is 15.4 Å². The zero-order chi connectivity index (χ0) is 23.1. The lowest BCUT2D eigenvalue weighted by atomic mass is 10.3. The van der Waals surface area contributed by atoms with Gasteiger partial charge >= 0.3 is 5.97 Å². The molecule has 2 amide bonds. The molecule has 1 aromatic carbocycles. The highest BCUT2D eigenvalue weighted by Gasteiger charge is 2.16. The van der Waals surface area contributed by atoms with Gasteiger partial charge < -0.3 is 24.8 Å². The highest BCUT2D eigenvalue weighted by molar-refractivity contribution is 7.96. The second-order valence-electron chi connectivity index (χ2n) is 7.16. The number of nitrogens with one attached hydrogen (secondary N) is 2. The van der Waals surface area contributed by atoms with Crippen LogP contribution >= 0.6 is 0 Å². The number of hydrogen-bond acceptors (Lipinski definition) is 6. The van der Waals surface area contributed by atoms with E-state index in [9.17, 15) is 14.4 Å². The minimum Gasteiger partial charge on any atom is -0.490 e. The van der Waals surface area contributed by atoms with Crippen molar-refractivity contribution in [3.8, 4) is 5.75 Å². The minimum absolute atomic E-state index is 0.0165. The average molecular weight is 456 g/mol. The number of carbonyl (C=O) groups is 3. The topological polar surface area (TPSA) is 103 Å². The molecule has 2 N–H and O–H groups in total. The first-order valence-electron chi connectivity index (χ1n) is 10.4. The Balaban J connectivity index is 2.50. The van der Waals surface area contributed by atoms with Gasteiger partial charge in [-0.25, -0.2) is 0 Å². The van der Waals surface area contributed by atoms with Gasteiger partial charge in [0.15, 0.2) is 6.10 Å².